The summed E-state index contributed by atoms with van der Waals surface area (Å²) in [7, 11) is 1.59. The number of carbonyl (C=O) groups is 2. The van der Waals surface area contributed by atoms with E-state index in [9.17, 15) is 9.59 Å². The Balaban J connectivity index is 1.85. The van der Waals surface area contributed by atoms with E-state index in [1.807, 2.05) is 52.0 Å². The molecule has 1 aromatic carbocycles. The summed E-state index contributed by atoms with van der Waals surface area (Å²) >= 11 is 1.15. The number of aromatic nitrogens is 2. The summed E-state index contributed by atoms with van der Waals surface area (Å²) in [5, 5.41) is 11.1. The number of amides is 2. The molecule has 2 aromatic rings. The van der Waals surface area contributed by atoms with Crippen molar-refractivity contribution in [3.63, 3.8) is 0 Å². The molecule has 0 saturated carbocycles. The van der Waals surface area contributed by atoms with Gasteiger partial charge in [-0.25, -0.2) is 0 Å². The fraction of sp³-hybridized carbons (Fsp3) is 0.444. The summed E-state index contributed by atoms with van der Waals surface area (Å²) in [5.74, 6) is 0.152. The van der Waals surface area contributed by atoms with E-state index in [1.165, 1.54) is 4.90 Å². The zero-order valence-corrected chi connectivity index (χ0v) is 16.5. The molecule has 0 spiro atoms. The van der Waals surface area contributed by atoms with E-state index in [0.717, 1.165) is 22.9 Å². The first kappa shape index (κ1) is 20.0. The van der Waals surface area contributed by atoms with Crippen molar-refractivity contribution in [3.05, 3.63) is 29.8 Å². The molecule has 8 heteroatoms. The van der Waals surface area contributed by atoms with Crippen LogP contribution in [0.4, 0.5) is 0 Å². The second-order valence-corrected chi connectivity index (χ2v) is 8.00. The van der Waals surface area contributed by atoms with Crippen molar-refractivity contribution in [1.29, 1.82) is 0 Å². The summed E-state index contributed by atoms with van der Waals surface area (Å²) in [4.78, 5) is 25.4. The van der Waals surface area contributed by atoms with Crippen LogP contribution in [0.2, 0.25) is 0 Å². The number of thioether (sulfide) groups is 1. The lowest BCUT2D eigenvalue weighted by atomic mass is 10.1. The van der Waals surface area contributed by atoms with Crippen molar-refractivity contribution in [1.82, 2.24) is 20.4 Å². The number of aryl methyl sites for hydroxylation is 1. The Bertz CT molecular complexity index is 765. The molecule has 1 N–H and O–H groups in total. The lowest BCUT2D eigenvalue weighted by Gasteiger charge is -2.23. The molecule has 2 rings (SSSR count). The molecule has 0 fully saturated rings. The minimum absolute atomic E-state index is 0.00904. The third-order valence-electron chi connectivity index (χ3n) is 3.35. The average molecular weight is 376 g/mol. The predicted molar refractivity (Wildman–Crippen MR) is 101 cm³/mol. The van der Waals surface area contributed by atoms with E-state index >= 15 is 0 Å². The Labute approximate surface area is 157 Å². The fourth-order valence-corrected chi connectivity index (χ4v) is 2.78. The van der Waals surface area contributed by atoms with Crippen LogP contribution in [0.3, 0.4) is 0 Å². The second-order valence-electron chi connectivity index (χ2n) is 7.08. The molecule has 0 aliphatic heterocycles. The SMILES string of the molecule is Cc1ccc(-c2nnc(SCC(=O)N(C)CC(=O)NC(C)(C)C)o2)cc1. The summed E-state index contributed by atoms with van der Waals surface area (Å²) in [6.07, 6.45) is 0. The van der Waals surface area contributed by atoms with E-state index in [1.54, 1.807) is 7.05 Å². The second kappa shape index (κ2) is 8.35. The van der Waals surface area contributed by atoms with Crippen molar-refractivity contribution in [2.24, 2.45) is 0 Å². The number of rotatable bonds is 6. The van der Waals surface area contributed by atoms with E-state index in [4.69, 9.17) is 4.42 Å². The van der Waals surface area contributed by atoms with E-state index in [0.29, 0.717) is 11.1 Å². The van der Waals surface area contributed by atoms with Crippen molar-refractivity contribution >= 4 is 23.6 Å². The first-order valence-electron chi connectivity index (χ1n) is 8.22. The van der Waals surface area contributed by atoms with E-state index < -0.39 is 0 Å². The maximum absolute atomic E-state index is 12.2. The lowest BCUT2D eigenvalue weighted by molar-refractivity contribution is -0.133. The molecule has 1 heterocycles. The Morgan fingerprint density at radius 3 is 2.46 bits per heavy atom. The van der Waals surface area contributed by atoms with E-state index in [2.05, 4.69) is 15.5 Å². The average Bonchev–Trinajstić information content (AvgIpc) is 3.00. The van der Waals surface area contributed by atoms with Gasteiger partial charge in [0.05, 0.1) is 12.3 Å². The topological polar surface area (TPSA) is 88.3 Å². The van der Waals surface area contributed by atoms with Gasteiger partial charge < -0.3 is 14.6 Å². The Morgan fingerprint density at radius 1 is 1.19 bits per heavy atom. The normalized spacial score (nSPS) is 11.3. The van der Waals surface area contributed by atoms with Gasteiger partial charge in [0, 0.05) is 18.2 Å². The summed E-state index contributed by atoms with van der Waals surface area (Å²) in [6, 6.07) is 7.75. The monoisotopic (exact) mass is 376 g/mol. The number of hydrogen-bond donors (Lipinski definition) is 1. The molecule has 0 aliphatic rings. The van der Waals surface area contributed by atoms with Gasteiger partial charge >= 0.3 is 0 Å². The molecule has 0 unspecified atom stereocenters. The largest absolute Gasteiger partial charge is 0.411 e. The highest BCUT2D eigenvalue weighted by atomic mass is 32.2. The Hall–Kier alpha value is -2.35. The molecule has 0 saturated heterocycles. The van der Waals surface area contributed by atoms with Crippen LogP contribution in [-0.4, -0.2) is 51.8 Å². The molecule has 7 nitrogen and oxygen atoms in total. The van der Waals surface area contributed by atoms with Crippen LogP contribution < -0.4 is 5.32 Å². The van der Waals surface area contributed by atoms with Gasteiger partial charge in [0.15, 0.2) is 0 Å². The van der Waals surface area contributed by atoms with Gasteiger partial charge in [-0.1, -0.05) is 29.5 Å². The first-order valence-corrected chi connectivity index (χ1v) is 9.21. The highest BCUT2D eigenvalue weighted by molar-refractivity contribution is 7.99. The third kappa shape index (κ3) is 6.18. The van der Waals surface area contributed by atoms with Crippen LogP contribution in [0.15, 0.2) is 33.9 Å². The van der Waals surface area contributed by atoms with Crippen LogP contribution in [0.1, 0.15) is 26.3 Å². The predicted octanol–water partition coefficient (Wildman–Crippen LogP) is 2.51. The quantitative estimate of drug-likeness (QED) is 0.780. The lowest BCUT2D eigenvalue weighted by Crippen LogP contribution is -2.46. The van der Waals surface area contributed by atoms with Gasteiger partial charge in [-0.2, -0.15) is 0 Å². The van der Waals surface area contributed by atoms with Gasteiger partial charge in [0.1, 0.15) is 0 Å². The fourth-order valence-electron chi connectivity index (χ4n) is 2.08. The molecule has 26 heavy (non-hydrogen) atoms. The molecule has 0 aliphatic carbocycles. The number of hydrogen-bond acceptors (Lipinski definition) is 6. The highest BCUT2D eigenvalue weighted by Crippen LogP contribution is 2.23. The van der Waals surface area contributed by atoms with Crippen LogP contribution in [0, 0.1) is 6.92 Å². The zero-order valence-electron chi connectivity index (χ0n) is 15.7. The zero-order chi connectivity index (χ0) is 19.3. The van der Waals surface area contributed by atoms with Crippen molar-refractivity contribution in [2.45, 2.75) is 38.5 Å². The Kier molecular flexibility index (Phi) is 6.42. The molecule has 0 atom stereocenters. The first-order chi connectivity index (χ1) is 12.1. The highest BCUT2D eigenvalue weighted by Gasteiger charge is 2.19. The number of nitrogens with one attached hydrogen (secondary N) is 1. The van der Waals surface area contributed by atoms with Gasteiger partial charge in [-0.05, 0) is 39.8 Å². The standard InChI is InChI=1S/C18H24N4O3S/c1-12-6-8-13(9-7-12)16-20-21-17(25-16)26-11-15(24)22(5)10-14(23)19-18(2,3)4/h6-9H,10-11H2,1-5H3,(H,19,23). The van der Waals surface area contributed by atoms with Gasteiger partial charge in [0.25, 0.3) is 5.22 Å². The maximum atomic E-state index is 12.2. The number of nitrogens with zero attached hydrogens (tertiary/aromatic N) is 3. The van der Waals surface area contributed by atoms with Crippen LogP contribution >= 0.6 is 11.8 Å². The molecule has 0 bridgehead atoms. The smallest absolute Gasteiger partial charge is 0.277 e. The van der Waals surface area contributed by atoms with E-state index in [-0.39, 0.29) is 29.7 Å². The summed E-state index contributed by atoms with van der Waals surface area (Å²) in [6.45, 7) is 7.69. The van der Waals surface area contributed by atoms with Crippen molar-refractivity contribution in [2.75, 3.05) is 19.3 Å². The number of benzene rings is 1. The molecular weight excluding hydrogens is 352 g/mol. The molecule has 2 amide bonds. The number of likely N-dealkylation sites (N-methyl/N-ethyl adjacent to an activating group) is 1. The van der Waals surface area contributed by atoms with Crippen LogP contribution in [0.5, 0.6) is 0 Å². The summed E-state index contributed by atoms with van der Waals surface area (Å²) in [5.41, 5.74) is 1.65. The maximum Gasteiger partial charge on any atom is 0.277 e. The molecular formula is C18H24N4O3S. The minimum Gasteiger partial charge on any atom is -0.411 e. The van der Waals surface area contributed by atoms with Gasteiger partial charge in [0.2, 0.25) is 17.7 Å². The molecule has 0 radical (unpaired) electrons. The Morgan fingerprint density at radius 2 is 1.85 bits per heavy atom. The number of carbonyl (C=O) groups excluding carboxylic acids is 2. The van der Waals surface area contributed by atoms with Crippen molar-refractivity contribution < 1.29 is 14.0 Å². The van der Waals surface area contributed by atoms with Crippen LogP contribution in [0.25, 0.3) is 11.5 Å². The van der Waals surface area contributed by atoms with Gasteiger partial charge in [-0.3, -0.25) is 9.59 Å². The molecule has 1 aromatic heterocycles. The summed E-state index contributed by atoms with van der Waals surface area (Å²) < 4.78 is 5.58. The molecule has 140 valence electrons. The van der Waals surface area contributed by atoms with Crippen molar-refractivity contribution in [3.8, 4) is 11.5 Å². The minimum atomic E-state index is -0.328. The van der Waals surface area contributed by atoms with Crippen LogP contribution in [-0.2, 0) is 9.59 Å². The van der Waals surface area contributed by atoms with Gasteiger partial charge in [-0.15, -0.1) is 10.2 Å². The third-order valence-corrected chi connectivity index (χ3v) is 4.15.